The molecule has 0 bridgehead atoms. The van der Waals surface area contributed by atoms with E-state index in [1.807, 2.05) is 6.92 Å². The van der Waals surface area contributed by atoms with Gasteiger partial charge in [0.2, 0.25) is 0 Å². The molecule has 0 atom stereocenters. The number of thioether (sulfide) groups is 1. The Hall–Kier alpha value is -3.33. The van der Waals surface area contributed by atoms with Crippen LogP contribution in [0.5, 0.6) is 11.5 Å². The molecule has 1 aliphatic rings. The lowest BCUT2D eigenvalue weighted by Crippen LogP contribution is -2.35. The highest BCUT2D eigenvalue weighted by molar-refractivity contribution is 8.18. The minimum Gasteiger partial charge on any atom is -0.490 e. The Morgan fingerprint density at radius 1 is 1.12 bits per heavy atom. The molecular weight excluding hydrogens is 449 g/mol. The van der Waals surface area contributed by atoms with Gasteiger partial charge in [-0.15, -0.1) is 0 Å². The van der Waals surface area contributed by atoms with Crippen LogP contribution in [0.3, 0.4) is 0 Å². The fourth-order valence-electron chi connectivity index (χ4n) is 3.01. The normalized spacial score (nSPS) is 14.8. The predicted molar refractivity (Wildman–Crippen MR) is 122 cm³/mol. The number of halogens is 1. The summed E-state index contributed by atoms with van der Waals surface area (Å²) in [6, 6.07) is 11.2. The first-order chi connectivity index (χ1) is 15.8. The second kappa shape index (κ2) is 11.0. The van der Waals surface area contributed by atoms with Gasteiger partial charge in [-0.2, -0.15) is 0 Å². The smallest absolute Gasteiger partial charge is 0.326 e. The molecule has 174 valence electrons. The van der Waals surface area contributed by atoms with Crippen molar-refractivity contribution in [2.24, 2.45) is 0 Å². The Labute approximate surface area is 195 Å². The fraction of sp³-hybridized carbons (Fsp3) is 0.292. The molecule has 9 heteroatoms. The van der Waals surface area contributed by atoms with E-state index >= 15 is 0 Å². The molecule has 7 nitrogen and oxygen atoms in total. The number of esters is 1. The Kier molecular flexibility index (Phi) is 8.11. The summed E-state index contributed by atoms with van der Waals surface area (Å²) >= 11 is 0.753. The van der Waals surface area contributed by atoms with Crippen molar-refractivity contribution in [3.05, 3.63) is 64.3 Å². The van der Waals surface area contributed by atoms with Crippen LogP contribution >= 0.6 is 11.8 Å². The Balaban J connectivity index is 1.74. The van der Waals surface area contributed by atoms with Crippen LogP contribution in [0.4, 0.5) is 9.18 Å². The standard InChI is InChI=1S/C24H24FNO6S/c1-4-30-20-11-16(8-9-19(20)31-14-17-6-5-7-18(25)10-17)12-21-23(28)26(24(29)33-21)13-22(27)32-15(2)3/h5-12,15H,4,13-14H2,1-3H3/b21-12+. The zero-order chi connectivity index (χ0) is 24.0. The quantitative estimate of drug-likeness (QED) is 0.382. The molecule has 0 N–H and O–H groups in total. The van der Waals surface area contributed by atoms with E-state index in [1.165, 1.54) is 12.1 Å². The largest absolute Gasteiger partial charge is 0.490 e. The average Bonchev–Trinajstić information content (AvgIpc) is 3.00. The summed E-state index contributed by atoms with van der Waals surface area (Å²) in [5.74, 6) is -0.643. The highest BCUT2D eigenvalue weighted by atomic mass is 32.2. The van der Waals surface area contributed by atoms with Crippen molar-refractivity contribution in [1.29, 1.82) is 0 Å². The molecule has 1 fully saturated rings. The van der Waals surface area contributed by atoms with Crippen molar-refractivity contribution < 1.29 is 33.0 Å². The summed E-state index contributed by atoms with van der Waals surface area (Å²) in [5.41, 5.74) is 1.29. The maximum atomic E-state index is 13.4. The maximum absolute atomic E-state index is 13.4. The first kappa shape index (κ1) is 24.3. The van der Waals surface area contributed by atoms with Crippen LogP contribution in [0.15, 0.2) is 47.4 Å². The van der Waals surface area contributed by atoms with E-state index < -0.39 is 23.7 Å². The van der Waals surface area contributed by atoms with Crippen molar-refractivity contribution >= 4 is 35.0 Å². The first-order valence-corrected chi connectivity index (χ1v) is 11.2. The molecule has 2 aromatic rings. The first-order valence-electron chi connectivity index (χ1n) is 10.4. The van der Waals surface area contributed by atoms with E-state index in [0.29, 0.717) is 29.2 Å². The summed E-state index contributed by atoms with van der Waals surface area (Å²) in [7, 11) is 0. The zero-order valence-electron chi connectivity index (χ0n) is 18.5. The van der Waals surface area contributed by atoms with Crippen LogP contribution in [0.2, 0.25) is 0 Å². The number of amides is 2. The second-order valence-corrected chi connectivity index (χ2v) is 8.36. The van der Waals surface area contributed by atoms with E-state index in [9.17, 15) is 18.8 Å². The number of rotatable bonds is 9. The molecule has 0 radical (unpaired) electrons. The Bertz CT molecular complexity index is 1080. The SMILES string of the molecule is CCOc1cc(/C=C2/SC(=O)N(CC(=O)OC(C)C)C2=O)ccc1OCc1cccc(F)c1. The summed E-state index contributed by atoms with van der Waals surface area (Å²) in [4.78, 5) is 37.8. The summed E-state index contributed by atoms with van der Waals surface area (Å²) in [5, 5.41) is -0.535. The number of ether oxygens (including phenoxy) is 3. The highest BCUT2D eigenvalue weighted by Gasteiger charge is 2.36. The number of carbonyl (C=O) groups excluding carboxylic acids is 3. The molecule has 1 heterocycles. The lowest BCUT2D eigenvalue weighted by Gasteiger charge is -2.13. The number of nitrogens with zero attached hydrogens (tertiary/aromatic N) is 1. The van der Waals surface area contributed by atoms with Gasteiger partial charge >= 0.3 is 5.97 Å². The molecule has 0 unspecified atom stereocenters. The summed E-state index contributed by atoms with van der Waals surface area (Å²) in [6.07, 6.45) is 1.21. The minimum atomic E-state index is -0.646. The third kappa shape index (κ3) is 6.58. The van der Waals surface area contributed by atoms with Gasteiger partial charge in [0.15, 0.2) is 11.5 Å². The van der Waals surface area contributed by atoms with Gasteiger partial charge in [-0.25, -0.2) is 4.39 Å². The Morgan fingerprint density at radius 3 is 2.61 bits per heavy atom. The molecule has 1 aliphatic heterocycles. The van der Waals surface area contributed by atoms with Crippen LogP contribution in [-0.2, 0) is 20.9 Å². The van der Waals surface area contributed by atoms with Gasteiger partial charge in [-0.05, 0) is 74.0 Å². The zero-order valence-corrected chi connectivity index (χ0v) is 19.3. The third-order valence-electron chi connectivity index (χ3n) is 4.38. The molecule has 2 amide bonds. The van der Waals surface area contributed by atoms with Crippen LogP contribution in [0.1, 0.15) is 31.9 Å². The predicted octanol–water partition coefficient (Wildman–Crippen LogP) is 4.79. The highest BCUT2D eigenvalue weighted by Crippen LogP contribution is 2.35. The fourth-order valence-corrected chi connectivity index (χ4v) is 3.85. The second-order valence-electron chi connectivity index (χ2n) is 7.36. The minimum absolute atomic E-state index is 0.155. The number of imide groups is 1. The van der Waals surface area contributed by atoms with Gasteiger partial charge in [-0.1, -0.05) is 18.2 Å². The Morgan fingerprint density at radius 2 is 1.91 bits per heavy atom. The average molecular weight is 474 g/mol. The third-order valence-corrected chi connectivity index (χ3v) is 5.28. The van der Waals surface area contributed by atoms with E-state index in [4.69, 9.17) is 14.2 Å². The van der Waals surface area contributed by atoms with Gasteiger partial charge in [0.1, 0.15) is 19.0 Å². The lowest BCUT2D eigenvalue weighted by atomic mass is 10.1. The van der Waals surface area contributed by atoms with Crippen molar-refractivity contribution in [3.63, 3.8) is 0 Å². The van der Waals surface area contributed by atoms with Crippen molar-refractivity contribution in [2.75, 3.05) is 13.2 Å². The van der Waals surface area contributed by atoms with Crippen LogP contribution < -0.4 is 9.47 Å². The molecule has 0 saturated carbocycles. The molecule has 0 aromatic heterocycles. The molecule has 2 aromatic carbocycles. The van der Waals surface area contributed by atoms with E-state index in [1.54, 1.807) is 50.3 Å². The monoisotopic (exact) mass is 473 g/mol. The molecule has 0 spiro atoms. The van der Waals surface area contributed by atoms with Gasteiger partial charge in [0.25, 0.3) is 11.1 Å². The van der Waals surface area contributed by atoms with E-state index in [-0.39, 0.29) is 23.4 Å². The van der Waals surface area contributed by atoms with Gasteiger partial charge in [-0.3, -0.25) is 19.3 Å². The van der Waals surface area contributed by atoms with Crippen LogP contribution in [0.25, 0.3) is 6.08 Å². The summed E-state index contributed by atoms with van der Waals surface area (Å²) in [6.45, 7) is 5.30. The van der Waals surface area contributed by atoms with Crippen molar-refractivity contribution in [1.82, 2.24) is 4.90 Å². The van der Waals surface area contributed by atoms with Crippen LogP contribution in [0, 0.1) is 5.82 Å². The lowest BCUT2D eigenvalue weighted by molar-refractivity contribution is -0.149. The van der Waals surface area contributed by atoms with E-state index in [2.05, 4.69) is 0 Å². The molecule has 1 saturated heterocycles. The number of benzene rings is 2. The number of hydrogen-bond acceptors (Lipinski definition) is 7. The molecular formula is C24H24FNO6S. The van der Waals surface area contributed by atoms with E-state index in [0.717, 1.165) is 16.7 Å². The van der Waals surface area contributed by atoms with Crippen LogP contribution in [-0.4, -0.2) is 41.3 Å². The van der Waals surface area contributed by atoms with Crippen molar-refractivity contribution in [2.45, 2.75) is 33.5 Å². The molecule has 3 rings (SSSR count). The van der Waals surface area contributed by atoms with Gasteiger partial charge < -0.3 is 14.2 Å². The van der Waals surface area contributed by atoms with Gasteiger partial charge in [0.05, 0.1) is 17.6 Å². The van der Waals surface area contributed by atoms with Crippen molar-refractivity contribution in [3.8, 4) is 11.5 Å². The maximum Gasteiger partial charge on any atom is 0.326 e. The molecule has 0 aliphatic carbocycles. The molecule has 33 heavy (non-hydrogen) atoms. The topological polar surface area (TPSA) is 82.1 Å². The number of hydrogen-bond donors (Lipinski definition) is 0. The van der Waals surface area contributed by atoms with Gasteiger partial charge in [0, 0.05) is 0 Å². The number of carbonyl (C=O) groups is 3. The summed E-state index contributed by atoms with van der Waals surface area (Å²) < 4.78 is 29.8.